The minimum atomic E-state index is 0. The molecule has 6 heteroatoms. The second kappa shape index (κ2) is 11.1. The lowest BCUT2D eigenvalue weighted by Gasteiger charge is -2.21. The van der Waals surface area contributed by atoms with Gasteiger partial charge < -0.3 is 15.4 Å². The molecule has 0 saturated carbocycles. The first-order valence-corrected chi connectivity index (χ1v) is 9.61. The van der Waals surface area contributed by atoms with E-state index in [4.69, 9.17) is 4.74 Å². The highest BCUT2D eigenvalue weighted by molar-refractivity contribution is 14.0. The molecule has 2 fully saturated rings. The summed E-state index contributed by atoms with van der Waals surface area (Å²) < 4.78 is 5.68. The van der Waals surface area contributed by atoms with Crippen LogP contribution in [-0.4, -0.2) is 55.8 Å². The maximum atomic E-state index is 5.68. The summed E-state index contributed by atoms with van der Waals surface area (Å²) in [5.74, 6) is 0.914. The van der Waals surface area contributed by atoms with Crippen molar-refractivity contribution in [2.45, 2.75) is 57.3 Å². The van der Waals surface area contributed by atoms with Crippen molar-refractivity contribution in [2.24, 2.45) is 4.99 Å². The van der Waals surface area contributed by atoms with Gasteiger partial charge in [0, 0.05) is 45.4 Å². The number of nitrogens with one attached hydrogen (secondary N) is 2. The third-order valence-electron chi connectivity index (χ3n) is 5.28. The van der Waals surface area contributed by atoms with Crippen molar-refractivity contribution in [1.82, 2.24) is 15.5 Å². The number of rotatable bonds is 6. The molecule has 3 unspecified atom stereocenters. The first kappa shape index (κ1) is 21.4. The van der Waals surface area contributed by atoms with Gasteiger partial charge in [-0.1, -0.05) is 30.3 Å². The van der Waals surface area contributed by atoms with E-state index in [1.54, 1.807) is 0 Å². The summed E-state index contributed by atoms with van der Waals surface area (Å²) in [5.41, 5.74) is 1.38. The number of halogens is 1. The fourth-order valence-corrected chi connectivity index (χ4v) is 3.85. The first-order valence-electron chi connectivity index (χ1n) is 9.61. The molecule has 0 spiro atoms. The molecule has 5 nitrogen and oxygen atoms in total. The van der Waals surface area contributed by atoms with Crippen molar-refractivity contribution < 1.29 is 4.74 Å². The van der Waals surface area contributed by atoms with E-state index in [1.807, 2.05) is 7.05 Å². The molecule has 1 aromatic rings. The van der Waals surface area contributed by atoms with E-state index in [0.717, 1.165) is 45.0 Å². The minimum Gasteiger partial charge on any atom is -0.378 e. The lowest BCUT2D eigenvalue weighted by molar-refractivity contribution is 0.105. The molecular weight excluding hydrogens is 439 g/mol. The molecule has 3 rings (SSSR count). The van der Waals surface area contributed by atoms with E-state index in [-0.39, 0.29) is 24.0 Å². The number of likely N-dealkylation sites (tertiary alicyclic amines) is 1. The molecule has 26 heavy (non-hydrogen) atoms. The van der Waals surface area contributed by atoms with Crippen LogP contribution in [0.2, 0.25) is 0 Å². The van der Waals surface area contributed by atoms with Crippen molar-refractivity contribution in [1.29, 1.82) is 0 Å². The van der Waals surface area contributed by atoms with Gasteiger partial charge in [-0.25, -0.2) is 0 Å². The van der Waals surface area contributed by atoms with Crippen LogP contribution in [0.15, 0.2) is 35.3 Å². The normalized spacial score (nSPS) is 26.5. The number of hydrogen-bond donors (Lipinski definition) is 2. The van der Waals surface area contributed by atoms with Crippen molar-refractivity contribution in [3.8, 4) is 0 Å². The Morgan fingerprint density at radius 3 is 2.81 bits per heavy atom. The van der Waals surface area contributed by atoms with Crippen molar-refractivity contribution >= 4 is 29.9 Å². The molecule has 0 radical (unpaired) electrons. The van der Waals surface area contributed by atoms with Gasteiger partial charge in [0.2, 0.25) is 0 Å². The van der Waals surface area contributed by atoms with E-state index in [9.17, 15) is 0 Å². The number of hydrogen-bond acceptors (Lipinski definition) is 3. The molecule has 1 aromatic carbocycles. The van der Waals surface area contributed by atoms with Gasteiger partial charge in [-0.2, -0.15) is 0 Å². The molecule has 0 bridgehead atoms. The SMILES string of the molecule is CN=C(NCCC1CCCO1)NC1CC(C)N(Cc2ccccc2)C1.I. The summed E-state index contributed by atoms with van der Waals surface area (Å²) in [6, 6.07) is 11.8. The van der Waals surface area contributed by atoms with E-state index in [1.165, 1.54) is 18.4 Å². The van der Waals surface area contributed by atoms with Crippen LogP contribution in [0.3, 0.4) is 0 Å². The van der Waals surface area contributed by atoms with E-state index in [0.29, 0.717) is 18.2 Å². The van der Waals surface area contributed by atoms with Gasteiger partial charge in [0.1, 0.15) is 0 Å². The second-order valence-electron chi connectivity index (χ2n) is 7.26. The fourth-order valence-electron chi connectivity index (χ4n) is 3.85. The van der Waals surface area contributed by atoms with Gasteiger partial charge >= 0.3 is 0 Å². The summed E-state index contributed by atoms with van der Waals surface area (Å²) in [6.45, 7) is 6.24. The van der Waals surface area contributed by atoms with Crippen LogP contribution in [0, 0.1) is 0 Å². The molecule has 2 heterocycles. The van der Waals surface area contributed by atoms with Crippen molar-refractivity contribution in [3.63, 3.8) is 0 Å². The molecule has 0 amide bonds. The molecule has 3 atom stereocenters. The van der Waals surface area contributed by atoms with E-state index >= 15 is 0 Å². The summed E-state index contributed by atoms with van der Waals surface area (Å²) >= 11 is 0. The molecular formula is C20H33IN4O. The van der Waals surface area contributed by atoms with Gasteiger partial charge in [0.25, 0.3) is 0 Å². The zero-order valence-electron chi connectivity index (χ0n) is 16.0. The first-order chi connectivity index (χ1) is 12.2. The van der Waals surface area contributed by atoms with Crippen LogP contribution >= 0.6 is 24.0 Å². The lowest BCUT2D eigenvalue weighted by atomic mass is 10.2. The van der Waals surface area contributed by atoms with Gasteiger partial charge in [-0.3, -0.25) is 9.89 Å². The van der Waals surface area contributed by atoms with Crippen LogP contribution in [0.25, 0.3) is 0 Å². The summed E-state index contributed by atoms with van der Waals surface area (Å²) in [4.78, 5) is 6.93. The fraction of sp³-hybridized carbons (Fsp3) is 0.650. The molecule has 2 aliphatic rings. The predicted molar refractivity (Wildman–Crippen MR) is 118 cm³/mol. The molecule has 0 aliphatic carbocycles. The highest BCUT2D eigenvalue weighted by Crippen LogP contribution is 2.20. The monoisotopic (exact) mass is 472 g/mol. The molecule has 0 aromatic heterocycles. The summed E-state index contributed by atoms with van der Waals surface area (Å²) in [5, 5.41) is 7.04. The van der Waals surface area contributed by atoms with Gasteiger partial charge in [0.15, 0.2) is 5.96 Å². The molecule has 2 saturated heterocycles. The standard InChI is InChI=1S/C20H32N4O.HI/c1-16-13-18(15-24(16)14-17-7-4-3-5-8-17)23-20(21-2)22-11-10-19-9-6-12-25-19;/h3-5,7-8,16,18-19H,6,9-15H2,1-2H3,(H2,21,22,23);1H. The second-order valence-corrected chi connectivity index (χ2v) is 7.26. The molecule has 146 valence electrons. The zero-order valence-corrected chi connectivity index (χ0v) is 18.3. The number of guanidine groups is 1. The summed E-state index contributed by atoms with van der Waals surface area (Å²) in [7, 11) is 1.85. The Hall–Kier alpha value is -0.860. The number of ether oxygens (including phenoxy) is 1. The van der Waals surface area contributed by atoms with Crippen LogP contribution in [0.5, 0.6) is 0 Å². The topological polar surface area (TPSA) is 48.9 Å². The quantitative estimate of drug-likeness (QED) is 0.380. The Morgan fingerprint density at radius 2 is 2.12 bits per heavy atom. The minimum absolute atomic E-state index is 0. The van der Waals surface area contributed by atoms with E-state index in [2.05, 4.69) is 57.8 Å². The Balaban J connectivity index is 0.00000243. The maximum Gasteiger partial charge on any atom is 0.191 e. The van der Waals surface area contributed by atoms with Crippen LogP contribution in [0.1, 0.15) is 38.2 Å². The largest absolute Gasteiger partial charge is 0.378 e. The third kappa shape index (κ3) is 6.39. The summed E-state index contributed by atoms with van der Waals surface area (Å²) in [6.07, 6.45) is 5.04. The Bertz CT molecular complexity index is 548. The predicted octanol–water partition coefficient (Wildman–Crippen LogP) is 3.00. The lowest BCUT2D eigenvalue weighted by Crippen LogP contribution is -2.45. The van der Waals surface area contributed by atoms with Crippen molar-refractivity contribution in [3.05, 3.63) is 35.9 Å². The average molecular weight is 472 g/mol. The number of nitrogens with zero attached hydrogens (tertiary/aromatic N) is 2. The van der Waals surface area contributed by atoms with Crippen LogP contribution in [0.4, 0.5) is 0 Å². The average Bonchev–Trinajstić information content (AvgIpc) is 3.25. The number of aliphatic imine (C=N–C) groups is 1. The smallest absolute Gasteiger partial charge is 0.191 e. The van der Waals surface area contributed by atoms with E-state index < -0.39 is 0 Å². The zero-order chi connectivity index (χ0) is 17.5. The maximum absolute atomic E-state index is 5.68. The van der Waals surface area contributed by atoms with Crippen LogP contribution < -0.4 is 10.6 Å². The van der Waals surface area contributed by atoms with Gasteiger partial charge in [0.05, 0.1) is 6.10 Å². The number of benzene rings is 1. The van der Waals surface area contributed by atoms with Gasteiger partial charge in [-0.15, -0.1) is 24.0 Å². The van der Waals surface area contributed by atoms with Crippen LogP contribution in [-0.2, 0) is 11.3 Å². The Kier molecular flexibility index (Phi) is 9.15. The van der Waals surface area contributed by atoms with Gasteiger partial charge in [-0.05, 0) is 38.2 Å². The molecule has 2 aliphatic heterocycles. The Morgan fingerprint density at radius 1 is 1.31 bits per heavy atom. The highest BCUT2D eigenvalue weighted by atomic mass is 127. The van der Waals surface area contributed by atoms with Crippen molar-refractivity contribution in [2.75, 3.05) is 26.7 Å². The third-order valence-corrected chi connectivity index (χ3v) is 5.28. The Labute approximate surface area is 175 Å². The highest BCUT2D eigenvalue weighted by Gasteiger charge is 2.29. The molecule has 2 N–H and O–H groups in total.